The van der Waals surface area contributed by atoms with Crippen LogP contribution in [0, 0.1) is 5.92 Å². The minimum Gasteiger partial charge on any atom is -0.495 e. The zero-order valence-corrected chi connectivity index (χ0v) is 15.7. The van der Waals surface area contributed by atoms with Gasteiger partial charge >= 0.3 is 0 Å². The number of carbonyl (C=O) groups is 2. The molecule has 0 saturated carbocycles. The lowest BCUT2D eigenvalue weighted by Gasteiger charge is -2.30. The minimum atomic E-state index is -0.599. The largest absolute Gasteiger partial charge is 0.495 e. The van der Waals surface area contributed by atoms with Crippen molar-refractivity contribution in [2.45, 2.75) is 26.4 Å². The van der Waals surface area contributed by atoms with E-state index in [2.05, 4.69) is 5.32 Å². The van der Waals surface area contributed by atoms with E-state index in [0.717, 1.165) is 5.56 Å². The maximum absolute atomic E-state index is 13.0. The van der Waals surface area contributed by atoms with Gasteiger partial charge in [-0.15, -0.1) is 0 Å². The van der Waals surface area contributed by atoms with Crippen molar-refractivity contribution in [1.82, 2.24) is 4.90 Å². The Morgan fingerprint density at radius 2 is 1.96 bits per heavy atom. The zero-order valence-electron chi connectivity index (χ0n) is 15.0. The molecule has 0 unspecified atom stereocenters. The first-order valence-corrected chi connectivity index (χ1v) is 8.83. The van der Waals surface area contributed by atoms with Gasteiger partial charge < -0.3 is 15.0 Å². The van der Waals surface area contributed by atoms with Crippen LogP contribution in [0.25, 0.3) is 0 Å². The number of rotatable bonds is 5. The predicted molar refractivity (Wildman–Crippen MR) is 102 cm³/mol. The smallest absolute Gasteiger partial charge is 0.255 e. The highest BCUT2D eigenvalue weighted by molar-refractivity contribution is 6.31. The first-order chi connectivity index (χ1) is 12.4. The minimum absolute atomic E-state index is 0.0570. The average molecular weight is 373 g/mol. The summed E-state index contributed by atoms with van der Waals surface area (Å²) in [6, 6.07) is 11.9. The number of benzene rings is 2. The van der Waals surface area contributed by atoms with Crippen LogP contribution in [0.15, 0.2) is 42.5 Å². The van der Waals surface area contributed by atoms with Gasteiger partial charge in [0.25, 0.3) is 5.91 Å². The first kappa shape index (κ1) is 18.3. The molecule has 1 N–H and O–H groups in total. The van der Waals surface area contributed by atoms with Gasteiger partial charge in [-0.3, -0.25) is 9.59 Å². The molecular weight excluding hydrogens is 352 g/mol. The summed E-state index contributed by atoms with van der Waals surface area (Å²) < 4.78 is 5.28. The van der Waals surface area contributed by atoms with Crippen LogP contribution in [0.4, 0.5) is 5.69 Å². The fourth-order valence-corrected chi connectivity index (χ4v) is 3.46. The summed E-state index contributed by atoms with van der Waals surface area (Å²) in [4.78, 5) is 27.4. The number of fused-ring (bicyclic) bond motifs is 1. The predicted octanol–water partition coefficient (Wildman–Crippen LogP) is 3.97. The molecule has 6 heteroatoms. The lowest BCUT2D eigenvalue weighted by Crippen LogP contribution is -2.47. The molecule has 1 heterocycles. The standard InChI is InChI=1S/C20H21ClN2O3/c1-12(2)18(23-11-13-6-4-5-7-15(13)20(23)25)19(24)22-16-10-14(21)8-9-17(16)26-3/h4-10,12,18H,11H2,1-3H3,(H,22,24)/t18-/m0/s1. The van der Waals surface area contributed by atoms with Gasteiger partial charge in [0.05, 0.1) is 12.8 Å². The molecule has 0 radical (unpaired) electrons. The van der Waals surface area contributed by atoms with Crippen molar-refractivity contribution in [3.63, 3.8) is 0 Å². The van der Waals surface area contributed by atoms with Crippen LogP contribution < -0.4 is 10.1 Å². The molecule has 3 rings (SSSR count). The number of ether oxygens (including phenoxy) is 1. The molecule has 0 saturated heterocycles. The van der Waals surface area contributed by atoms with Gasteiger partial charge in [0, 0.05) is 17.1 Å². The monoisotopic (exact) mass is 372 g/mol. The number of nitrogens with zero attached hydrogens (tertiary/aromatic N) is 1. The Hall–Kier alpha value is -2.53. The average Bonchev–Trinajstić information content (AvgIpc) is 2.92. The number of carbonyl (C=O) groups excluding carboxylic acids is 2. The molecule has 2 aromatic rings. The summed E-state index contributed by atoms with van der Waals surface area (Å²) in [5.41, 5.74) is 2.09. The highest BCUT2D eigenvalue weighted by Gasteiger charge is 2.38. The van der Waals surface area contributed by atoms with Crippen LogP contribution in [0.2, 0.25) is 5.02 Å². The molecule has 5 nitrogen and oxygen atoms in total. The Balaban J connectivity index is 1.87. The highest BCUT2D eigenvalue weighted by Crippen LogP contribution is 2.30. The van der Waals surface area contributed by atoms with E-state index in [1.165, 1.54) is 7.11 Å². The van der Waals surface area contributed by atoms with Crippen molar-refractivity contribution < 1.29 is 14.3 Å². The Kier molecular flexibility index (Phi) is 5.18. The number of methoxy groups -OCH3 is 1. The van der Waals surface area contributed by atoms with Gasteiger partial charge in [0.2, 0.25) is 5.91 Å². The van der Waals surface area contributed by atoms with Gasteiger partial charge in [-0.2, -0.15) is 0 Å². The molecule has 1 aliphatic heterocycles. The fraction of sp³-hybridized carbons (Fsp3) is 0.300. The van der Waals surface area contributed by atoms with Gasteiger partial charge in [-0.25, -0.2) is 0 Å². The van der Waals surface area contributed by atoms with E-state index < -0.39 is 6.04 Å². The second-order valence-corrected chi connectivity index (χ2v) is 7.05. The number of hydrogen-bond acceptors (Lipinski definition) is 3. The number of halogens is 1. The Bertz CT molecular complexity index is 851. The van der Waals surface area contributed by atoms with Gasteiger partial charge in [0.15, 0.2) is 0 Å². The van der Waals surface area contributed by atoms with Gasteiger partial charge in [-0.05, 0) is 35.7 Å². The summed E-state index contributed by atoms with van der Waals surface area (Å²) in [6.45, 7) is 4.28. The van der Waals surface area contributed by atoms with Crippen LogP contribution in [0.5, 0.6) is 5.75 Å². The number of hydrogen-bond donors (Lipinski definition) is 1. The van der Waals surface area contributed by atoms with Crippen LogP contribution in [0.1, 0.15) is 29.8 Å². The van der Waals surface area contributed by atoms with E-state index in [9.17, 15) is 9.59 Å². The normalized spacial score (nSPS) is 14.3. The lowest BCUT2D eigenvalue weighted by atomic mass is 10.0. The van der Waals surface area contributed by atoms with Crippen molar-refractivity contribution in [1.29, 1.82) is 0 Å². The van der Waals surface area contributed by atoms with Crippen molar-refractivity contribution >= 4 is 29.1 Å². The van der Waals surface area contributed by atoms with Crippen molar-refractivity contribution in [3.05, 3.63) is 58.6 Å². The van der Waals surface area contributed by atoms with Gasteiger partial charge in [0.1, 0.15) is 11.8 Å². The van der Waals surface area contributed by atoms with Crippen LogP contribution >= 0.6 is 11.6 Å². The van der Waals surface area contributed by atoms with Gasteiger partial charge in [-0.1, -0.05) is 43.6 Å². The van der Waals surface area contributed by atoms with Crippen molar-refractivity contribution in [3.8, 4) is 5.75 Å². The third-order valence-corrected chi connectivity index (χ3v) is 4.74. The summed E-state index contributed by atoms with van der Waals surface area (Å²) in [7, 11) is 1.53. The first-order valence-electron chi connectivity index (χ1n) is 8.45. The second kappa shape index (κ2) is 7.38. The molecule has 0 bridgehead atoms. The molecule has 0 aliphatic carbocycles. The third kappa shape index (κ3) is 3.40. The van der Waals surface area contributed by atoms with E-state index >= 15 is 0 Å². The van der Waals surface area contributed by atoms with E-state index in [1.807, 2.05) is 32.0 Å². The maximum atomic E-state index is 13.0. The molecule has 0 fully saturated rings. The zero-order chi connectivity index (χ0) is 18.8. The molecular formula is C20H21ClN2O3. The fourth-order valence-electron chi connectivity index (χ4n) is 3.29. The molecule has 1 aliphatic rings. The molecule has 2 aromatic carbocycles. The quantitative estimate of drug-likeness (QED) is 0.864. The summed E-state index contributed by atoms with van der Waals surface area (Å²) >= 11 is 6.04. The molecule has 136 valence electrons. The number of nitrogens with one attached hydrogen (secondary N) is 1. The van der Waals surface area contributed by atoms with E-state index in [4.69, 9.17) is 16.3 Å². The molecule has 0 aromatic heterocycles. The Labute approximate surface area is 157 Å². The van der Waals surface area contributed by atoms with Crippen molar-refractivity contribution in [2.75, 3.05) is 12.4 Å². The number of amides is 2. The summed E-state index contributed by atoms with van der Waals surface area (Å²) in [5, 5.41) is 3.36. The topological polar surface area (TPSA) is 58.6 Å². The van der Waals surface area contributed by atoms with Crippen LogP contribution in [-0.4, -0.2) is 29.9 Å². The van der Waals surface area contributed by atoms with E-state index in [1.54, 1.807) is 29.2 Å². The SMILES string of the molecule is COc1ccc(Cl)cc1NC(=O)[C@H](C(C)C)N1Cc2ccccc2C1=O. The summed E-state index contributed by atoms with van der Waals surface area (Å²) in [6.07, 6.45) is 0. The van der Waals surface area contributed by atoms with E-state index in [-0.39, 0.29) is 17.7 Å². The number of anilines is 1. The Morgan fingerprint density at radius 1 is 1.23 bits per heavy atom. The second-order valence-electron chi connectivity index (χ2n) is 6.61. The maximum Gasteiger partial charge on any atom is 0.255 e. The molecule has 2 amide bonds. The highest BCUT2D eigenvalue weighted by atomic mass is 35.5. The molecule has 0 spiro atoms. The van der Waals surface area contributed by atoms with Crippen LogP contribution in [0.3, 0.4) is 0 Å². The van der Waals surface area contributed by atoms with Crippen LogP contribution in [-0.2, 0) is 11.3 Å². The third-order valence-electron chi connectivity index (χ3n) is 4.50. The molecule has 1 atom stereocenters. The van der Waals surface area contributed by atoms with E-state index in [0.29, 0.717) is 28.6 Å². The van der Waals surface area contributed by atoms with Crippen molar-refractivity contribution in [2.24, 2.45) is 5.92 Å². The lowest BCUT2D eigenvalue weighted by molar-refractivity contribution is -0.122. The Morgan fingerprint density at radius 3 is 2.62 bits per heavy atom. The summed E-state index contributed by atoms with van der Waals surface area (Å²) in [5.74, 6) is 0.0777. The molecule has 26 heavy (non-hydrogen) atoms.